The van der Waals surface area contributed by atoms with E-state index in [1.54, 1.807) is 24.0 Å². The van der Waals surface area contributed by atoms with E-state index in [0.717, 1.165) is 11.1 Å². The van der Waals surface area contributed by atoms with E-state index >= 15 is 0 Å². The van der Waals surface area contributed by atoms with E-state index in [1.165, 1.54) is 12.4 Å². The van der Waals surface area contributed by atoms with Gasteiger partial charge in [0.1, 0.15) is 12.7 Å². The lowest BCUT2D eigenvalue weighted by atomic mass is 10.1. The minimum Gasteiger partial charge on any atom is -0.348 e. The van der Waals surface area contributed by atoms with Gasteiger partial charge in [0, 0.05) is 23.9 Å². The predicted octanol–water partition coefficient (Wildman–Crippen LogP) is 1.25. The monoisotopic (exact) mass is 323 g/mol. The predicted molar refractivity (Wildman–Crippen MR) is 88.5 cm³/mol. The lowest BCUT2D eigenvalue weighted by molar-refractivity contribution is 0.0950. The van der Waals surface area contributed by atoms with Crippen LogP contribution in [0, 0.1) is 6.92 Å². The first-order chi connectivity index (χ1) is 11.6. The van der Waals surface area contributed by atoms with E-state index in [4.69, 9.17) is 0 Å². The summed E-state index contributed by atoms with van der Waals surface area (Å²) in [5.41, 5.74) is 2.81. The molecule has 2 heterocycles. The van der Waals surface area contributed by atoms with Gasteiger partial charge in [0.25, 0.3) is 5.91 Å². The molecule has 7 nitrogen and oxygen atoms in total. The van der Waals surface area contributed by atoms with Crippen molar-refractivity contribution >= 4 is 5.91 Å². The van der Waals surface area contributed by atoms with Gasteiger partial charge < -0.3 is 10.3 Å². The smallest absolute Gasteiger partial charge is 0.251 e. The molecule has 3 rings (SSSR count). The van der Waals surface area contributed by atoms with E-state index in [2.05, 4.69) is 20.4 Å². The Morgan fingerprint density at radius 2 is 1.96 bits per heavy atom. The van der Waals surface area contributed by atoms with Gasteiger partial charge in [-0.1, -0.05) is 24.3 Å². The van der Waals surface area contributed by atoms with Gasteiger partial charge in [0.15, 0.2) is 0 Å². The number of hydrogen-bond donors (Lipinski definition) is 2. The van der Waals surface area contributed by atoms with Crippen LogP contribution in [0.3, 0.4) is 0 Å². The van der Waals surface area contributed by atoms with Crippen molar-refractivity contribution in [2.75, 3.05) is 0 Å². The zero-order valence-corrected chi connectivity index (χ0v) is 13.2. The van der Waals surface area contributed by atoms with E-state index in [9.17, 15) is 9.59 Å². The highest BCUT2D eigenvalue weighted by molar-refractivity contribution is 5.94. The average Bonchev–Trinajstić information content (AvgIpc) is 3.06. The number of aromatic nitrogens is 4. The zero-order valence-electron chi connectivity index (χ0n) is 13.2. The molecule has 0 unspecified atom stereocenters. The third-order valence-corrected chi connectivity index (χ3v) is 3.53. The summed E-state index contributed by atoms with van der Waals surface area (Å²) >= 11 is 0. The highest BCUT2D eigenvalue weighted by Gasteiger charge is 2.07. The molecule has 122 valence electrons. The number of carbonyl (C=O) groups excluding carboxylic acids is 1. The average molecular weight is 323 g/mol. The molecule has 0 radical (unpaired) electrons. The van der Waals surface area contributed by atoms with Crippen molar-refractivity contribution in [2.24, 2.45) is 0 Å². The summed E-state index contributed by atoms with van der Waals surface area (Å²) in [7, 11) is 0. The minimum absolute atomic E-state index is 0.268. The number of rotatable bonds is 5. The molecule has 0 aliphatic rings. The summed E-state index contributed by atoms with van der Waals surface area (Å²) in [6.07, 6.45) is 3.16. The van der Waals surface area contributed by atoms with Crippen LogP contribution in [0.4, 0.5) is 0 Å². The zero-order chi connectivity index (χ0) is 16.9. The molecular formula is C17H17N5O2. The van der Waals surface area contributed by atoms with Crippen molar-refractivity contribution in [2.45, 2.75) is 20.0 Å². The Morgan fingerprint density at radius 1 is 1.21 bits per heavy atom. The van der Waals surface area contributed by atoms with Crippen LogP contribution in [-0.2, 0) is 13.1 Å². The Labute approximate surface area is 138 Å². The molecule has 0 saturated heterocycles. The van der Waals surface area contributed by atoms with Gasteiger partial charge in [-0.2, -0.15) is 5.10 Å². The molecule has 7 heteroatoms. The van der Waals surface area contributed by atoms with E-state index in [-0.39, 0.29) is 11.5 Å². The van der Waals surface area contributed by atoms with E-state index in [1.807, 2.05) is 24.3 Å². The second-order valence-corrected chi connectivity index (χ2v) is 5.51. The summed E-state index contributed by atoms with van der Waals surface area (Å²) < 4.78 is 1.74. The fourth-order valence-corrected chi connectivity index (χ4v) is 2.36. The summed E-state index contributed by atoms with van der Waals surface area (Å²) in [5.74, 6) is -0.268. The number of amides is 1. The Kier molecular flexibility index (Phi) is 4.51. The lowest BCUT2D eigenvalue weighted by Gasteiger charge is -2.07. The number of nitrogens with zero attached hydrogens (tertiary/aromatic N) is 3. The SMILES string of the molecule is Cc1cc(C(=O)NCc2ccc(Cn3cncn3)cc2)cc(=O)[nH]1. The number of hydrogen-bond acceptors (Lipinski definition) is 4. The highest BCUT2D eigenvalue weighted by Crippen LogP contribution is 2.06. The Morgan fingerprint density at radius 3 is 2.62 bits per heavy atom. The number of nitrogens with one attached hydrogen (secondary N) is 2. The largest absolute Gasteiger partial charge is 0.348 e. The molecule has 0 spiro atoms. The molecule has 2 N–H and O–H groups in total. The maximum absolute atomic E-state index is 12.1. The first-order valence-electron chi connectivity index (χ1n) is 7.49. The number of benzene rings is 1. The second kappa shape index (κ2) is 6.91. The normalized spacial score (nSPS) is 10.5. The van der Waals surface area contributed by atoms with Crippen molar-refractivity contribution in [1.29, 1.82) is 0 Å². The third kappa shape index (κ3) is 3.95. The van der Waals surface area contributed by atoms with Crippen LogP contribution in [0.1, 0.15) is 27.2 Å². The molecule has 0 atom stereocenters. The third-order valence-electron chi connectivity index (χ3n) is 3.53. The van der Waals surface area contributed by atoms with Crippen LogP contribution < -0.4 is 10.9 Å². The second-order valence-electron chi connectivity index (χ2n) is 5.51. The number of aryl methyl sites for hydroxylation is 1. The van der Waals surface area contributed by atoms with Crippen molar-refractivity contribution in [3.8, 4) is 0 Å². The van der Waals surface area contributed by atoms with Crippen LogP contribution in [0.5, 0.6) is 0 Å². The Bertz CT molecular complexity index is 882. The molecule has 0 fully saturated rings. The van der Waals surface area contributed by atoms with Gasteiger partial charge >= 0.3 is 0 Å². The Hall–Kier alpha value is -3.22. The van der Waals surface area contributed by atoms with Gasteiger partial charge in [-0.05, 0) is 24.1 Å². The lowest BCUT2D eigenvalue weighted by Crippen LogP contribution is -2.24. The minimum atomic E-state index is -0.280. The molecule has 24 heavy (non-hydrogen) atoms. The highest BCUT2D eigenvalue weighted by atomic mass is 16.2. The van der Waals surface area contributed by atoms with Crippen molar-refractivity contribution < 1.29 is 4.79 Å². The van der Waals surface area contributed by atoms with E-state index in [0.29, 0.717) is 24.3 Å². The number of aromatic amines is 1. The molecule has 1 aromatic carbocycles. The fourth-order valence-electron chi connectivity index (χ4n) is 2.36. The molecule has 2 aromatic heterocycles. The van der Waals surface area contributed by atoms with Crippen molar-refractivity contribution in [1.82, 2.24) is 25.1 Å². The van der Waals surface area contributed by atoms with Crippen molar-refractivity contribution in [3.05, 3.63) is 81.8 Å². The Balaban J connectivity index is 1.60. The summed E-state index contributed by atoms with van der Waals surface area (Å²) in [6, 6.07) is 10.8. The molecule has 3 aromatic rings. The van der Waals surface area contributed by atoms with Crippen molar-refractivity contribution in [3.63, 3.8) is 0 Å². The fraction of sp³-hybridized carbons (Fsp3) is 0.176. The summed E-state index contributed by atoms with van der Waals surface area (Å²) in [4.78, 5) is 30.1. The molecule has 0 bridgehead atoms. The molecular weight excluding hydrogens is 306 g/mol. The maximum Gasteiger partial charge on any atom is 0.251 e. The first-order valence-corrected chi connectivity index (χ1v) is 7.49. The van der Waals surface area contributed by atoms with E-state index < -0.39 is 0 Å². The number of H-pyrrole nitrogens is 1. The molecule has 1 amide bonds. The summed E-state index contributed by atoms with van der Waals surface area (Å²) in [5, 5.41) is 6.88. The molecule has 0 aliphatic heterocycles. The van der Waals surface area contributed by atoms with Crippen LogP contribution >= 0.6 is 0 Å². The van der Waals surface area contributed by atoms with Crippen LogP contribution in [0.25, 0.3) is 0 Å². The summed E-state index contributed by atoms with van der Waals surface area (Å²) in [6.45, 7) is 2.79. The van der Waals surface area contributed by atoms with Gasteiger partial charge in [0.2, 0.25) is 5.56 Å². The number of carbonyl (C=O) groups is 1. The van der Waals surface area contributed by atoms with Crippen LogP contribution in [0.15, 0.2) is 53.8 Å². The number of pyridine rings is 1. The first kappa shape index (κ1) is 15.7. The van der Waals surface area contributed by atoms with Crippen LogP contribution in [-0.4, -0.2) is 25.7 Å². The maximum atomic E-state index is 12.1. The molecule has 0 aliphatic carbocycles. The van der Waals surface area contributed by atoms with Crippen LogP contribution in [0.2, 0.25) is 0 Å². The standard InChI is InChI=1S/C17H17N5O2/c1-12-6-15(7-16(23)21-12)17(24)19-8-13-2-4-14(5-3-13)9-22-11-18-10-20-22/h2-7,10-11H,8-9H2,1H3,(H,19,24)(H,21,23). The van der Waals surface area contributed by atoms with Gasteiger partial charge in [-0.3, -0.25) is 9.59 Å². The van der Waals surface area contributed by atoms with Gasteiger partial charge in [-0.25, -0.2) is 9.67 Å². The quantitative estimate of drug-likeness (QED) is 0.739. The topological polar surface area (TPSA) is 92.7 Å². The van der Waals surface area contributed by atoms with Gasteiger partial charge in [0.05, 0.1) is 6.54 Å². The molecule has 0 saturated carbocycles. The van der Waals surface area contributed by atoms with Gasteiger partial charge in [-0.15, -0.1) is 0 Å².